The Morgan fingerprint density at radius 2 is 1.94 bits per heavy atom. The number of fused-ring (bicyclic) bond motifs is 1. The van der Waals surface area contributed by atoms with Crippen molar-refractivity contribution in [1.29, 1.82) is 0 Å². The minimum atomic E-state index is -0.348. The summed E-state index contributed by atoms with van der Waals surface area (Å²) in [5.41, 5.74) is 9.42. The fourth-order valence-corrected chi connectivity index (χ4v) is 5.04. The van der Waals surface area contributed by atoms with Crippen LogP contribution in [0.4, 0.5) is 0 Å². The molecule has 1 aromatic heterocycles. The van der Waals surface area contributed by atoms with Gasteiger partial charge in [0.25, 0.3) is 5.91 Å². The fourth-order valence-electron chi connectivity index (χ4n) is 4.33. The van der Waals surface area contributed by atoms with Gasteiger partial charge in [0, 0.05) is 16.5 Å². The van der Waals surface area contributed by atoms with Crippen LogP contribution in [0.2, 0.25) is 0 Å². The van der Waals surface area contributed by atoms with Gasteiger partial charge in [-0.3, -0.25) is 4.79 Å². The van der Waals surface area contributed by atoms with E-state index in [0.29, 0.717) is 17.9 Å². The van der Waals surface area contributed by atoms with Crippen molar-refractivity contribution in [1.82, 2.24) is 5.32 Å². The van der Waals surface area contributed by atoms with Crippen LogP contribution >= 0.6 is 11.3 Å². The van der Waals surface area contributed by atoms with Crippen LogP contribution in [-0.4, -0.2) is 18.6 Å². The van der Waals surface area contributed by atoms with Crippen molar-refractivity contribution in [3.63, 3.8) is 0 Å². The number of rotatable bonds is 7. The molecular weight excluding hydrogens is 428 g/mol. The van der Waals surface area contributed by atoms with Crippen molar-refractivity contribution in [2.24, 2.45) is 5.73 Å². The van der Waals surface area contributed by atoms with Crippen LogP contribution < -0.4 is 15.8 Å². The lowest BCUT2D eigenvalue weighted by Crippen LogP contribution is -2.35. The topological polar surface area (TPSA) is 64.3 Å². The number of hydrogen-bond donors (Lipinski definition) is 2. The van der Waals surface area contributed by atoms with Gasteiger partial charge in [0.2, 0.25) is 0 Å². The second kappa shape index (κ2) is 8.65. The zero-order valence-electron chi connectivity index (χ0n) is 18.9. The standard InChI is InChI=1S/C28H28N2O2S/c1-18-9-10-22(32-17-19(2)29)16-24(18)27(31)30-28(11-12-28)25-15-21(26-8-5-13-33-26)14-20-6-3-4-7-23(20)25/h3-10,13-16,19H,11-12,17,29H2,1-2H3,(H,30,31). The summed E-state index contributed by atoms with van der Waals surface area (Å²) < 4.78 is 5.75. The van der Waals surface area contributed by atoms with Gasteiger partial charge in [0.05, 0.1) is 5.54 Å². The van der Waals surface area contributed by atoms with E-state index in [0.717, 1.165) is 18.4 Å². The highest BCUT2D eigenvalue weighted by Gasteiger charge is 2.47. The predicted octanol–water partition coefficient (Wildman–Crippen LogP) is 6.02. The van der Waals surface area contributed by atoms with E-state index in [-0.39, 0.29) is 17.5 Å². The van der Waals surface area contributed by atoms with E-state index in [1.54, 1.807) is 11.3 Å². The van der Waals surface area contributed by atoms with Gasteiger partial charge < -0.3 is 15.8 Å². The molecular formula is C28H28N2O2S. The van der Waals surface area contributed by atoms with E-state index in [1.165, 1.54) is 26.8 Å². The molecule has 1 unspecified atom stereocenters. The molecule has 3 aromatic carbocycles. The first-order valence-electron chi connectivity index (χ1n) is 11.3. The molecule has 168 valence electrons. The number of amides is 1. The fraction of sp³-hybridized carbons (Fsp3) is 0.250. The molecule has 0 radical (unpaired) electrons. The molecule has 4 nitrogen and oxygen atoms in total. The molecule has 33 heavy (non-hydrogen) atoms. The van der Waals surface area contributed by atoms with Gasteiger partial charge >= 0.3 is 0 Å². The van der Waals surface area contributed by atoms with E-state index in [4.69, 9.17) is 10.5 Å². The number of carbonyl (C=O) groups is 1. The van der Waals surface area contributed by atoms with Crippen molar-refractivity contribution in [2.45, 2.75) is 38.3 Å². The molecule has 1 atom stereocenters. The summed E-state index contributed by atoms with van der Waals surface area (Å²) in [4.78, 5) is 14.7. The van der Waals surface area contributed by atoms with E-state index < -0.39 is 0 Å². The molecule has 0 aliphatic heterocycles. The normalized spacial score (nSPS) is 15.2. The second-order valence-electron chi connectivity index (χ2n) is 9.02. The van der Waals surface area contributed by atoms with Gasteiger partial charge in [-0.1, -0.05) is 36.4 Å². The van der Waals surface area contributed by atoms with Crippen LogP contribution in [0.3, 0.4) is 0 Å². The van der Waals surface area contributed by atoms with Crippen LogP contribution in [-0.2, 0) is 5.54 Å². The quantitative estimate of drug-likeness (QED) is 0.357. The number of thiophene rings is 1. The maximum absolute atomic E-state index is 13.4. The van der Waals surface area contributed by atoms with Crippen LogP contribution in [0.15, 0.2) is 72.1 Å². The third-order valence-electron chi connectivity index (χ3n) is 6.25. The number of nitrogens with one attached hydrogen (secondary N) is 1. The molecule has 4 aromatic rings. The first-order chi connectivity index (χ1) is 15.9. The van der Waals surface area contributed by atoms with Crippen molar-refractivity contribution in [3.05, 3.63) is 88.8 Å². The number of nitrogens with two attached hydrogens (primary N) is 1. The van der Waals surface area contributed by atoms with Crippen LogP contribution in [0.1, 0.15) is 41.3 Å². The SMILES string of the molecule is Cc1ccc(OCC(C)N)cc1C(=O)NC1(c2cc(-c3cccs3)cc3ccccc23)CC1. The Morgan fingerprint density at radius 3 is 2.67 bits per heavy atom. The Morgan fingerprint density at radius 1 is 1.12 bits per heavy atom. The van der Waals surface area contributed by atoms with E-state index >= 15 is 0 Å². The summed E-state index contributed by atoms with van der Waals surface area (Å²) in [5, 5.41) is 7.87. The number of carbonyl (C=O) groups excluding carboxylic acids is 1. The smallest absolute Gasteiger partial charge is 0.252 e. The molecule has 3 N–H and O–H groups in total. The lowest BCUT2D eigenvalue weighted by atomic mass is 9.93. The zero-order chi connectivity index (χ0) is 23.0. The number of hydrogen-bond acceptors (Lipinski definition) is 4. The van der Waals surface area contributed by atoms with E-state index in [9.17, 15) is 4.79 Å². The third kappa shape index (κ3) is 4.39. The number of benzene rings is 3. The highest BCUT2D eigenvalue weighted by Crippen LogP contribution is 2.49. The maximum Gasteiger partial charge on any atom is 0.252 e. The van der Waals surface area contributed by atoms with Crippen molar-refractivity contribution < 1.29 is 9.53 Å². The third-order valence-corrected chi connectivity index (χ3v) is 7.17. The van der Waals surface area contributed by atoms with Crippen LogP contribution in [0.25, 0.3) is 21.2 Å². The molecule has 5 heteroatoms. The molecule has 1 fully saturated rings. The molecule has 0 saturated heterocycles. The highest BCUT2D eigenvalue weighted by molar-refractivity contribution is 7.13. The van der Waals surface area contributed by atoms with Crippen LogP contribution in [0.5, 0.6) is 5.75 Å². The number of ether oxygens (including phenoxy) is 1. The van der Waals surface area contributed by atoms with Gasteiger partial charge in [-0.05, 0) is 89.9 Å². The molecule has 1 amide bonds. The summed E-state index contributed by atoms with van der Waals surface area (Å²) in [6.07, 6.45) is 1.85. The molecule has 1 aliphatic carbocycles. The average molecular weight is 457 g/mol. The van der Waals surface area contributed by atoms with Gasteiger partial charge in [0.1, 0.15) is 12.4 Å². The first kappa shape index (κ1) is 21.7. The van der Waals surface area contributed by atoms with E-state index in [1.807, 2.05) is 32.0 Å². The van der Waals surface area contributed by atoms with E-state index in [2.05, 4.69) is 59.2 Å². The highest BCUT2D eigenvalue weighted by atomic mass is 32.1. The Bertz CT molecular complexity index is 1310. The van der Waals surface area contributed by atoms with Crippen molar-refractivity contribution in [2.75, 3.05) is 6.61 Å². The molecule has 0 bridgehead atoms. The molecule has 5 rings (SSSR count). The summed E-state index contributed by atoms with van der Waals surface area (Å²) in [5.74, 6) is 0.597. The van der Waals surface area contributed by atoms with Crippen LogP contribution in [0, 0.1) is 6.92 Å². The molecule has 1 saturated carbocycles. The number of aryl methyl sites for hydroxylation is 1. The molecule has 0 spiro atoms. The predicted molar refractivity (Wildman–Crippen MR) is 136 cm³/mol. The Labute approximate surface area is 198 Å². The first-order valence-corrected chi connectivity index (χ1v) is 12.2. The largest absolute Gasteiger partial charge is 0.492 e. The molecule has 1 heterocycles. The van der Waals surface area contributed by atoms with Crippen molar-refractivity contribution >= 4 is 28.0 Å². The summed E-state index contributed by atoms with van der Waals surface area (Å²) in [6, 6.07) is 22.7. The summed E-state index contributed by atoms with van der Waals surface area (Å²) >= 11 is 1.74. The summed E-state index contributed by atoms with van der Waals surface area (Å²) in [7, 11) is 0. The average Bonchev–Trinajstić information content (AvgIpc) is 3.37. The van der Waals surface area contributed by atoms with Gasteiger partial charge in [-0.15, -0.1) is 11.3 Å². The Hall–Kier alpha value is -3.15. The lowest BCUT2D eigenvalue weighted by molar-refractivity contribution is 0.0930. The zero-order valence-corrected chi connectivity index (χ0v) is 19.7. The lowest BCUT2D eigenvalue weighted by Gasteiger charge is -2.22. The van der Waals surface area contributed by atoms with Gasteiger partial charge in [0.15, 0.2) is 0 Å². The Balaban J connectivity index is 1.49. The van der Waals surface area contributed by atoms with Gasteiger partial charge in [-0.2, -0.15) is 0 Å². The molecule has 1 aliphatic rings. The van der Waals surface area contributed by atoms with Gasteiger partial charge in [-0.25, -0.2) is 0 Å². The maximum atomic E-state index is 13.4. The minimum absolute atomic E-state index is 0.0674. The van der Waals surface area contributed by atoms with Crippen molar-refractivity contribution in [3.8, 4) is 16.2 Å². The second-order valence-corrected chi connectivity index (χ2v) is 9.97. The minimum Gasteiger partial charge on any atom is -0.492 e. The summed E-state index contributed by atoms with van der Waals surface area (Å²) in [6.45, 7) is 4.26. The monoisotopic (exact) mass is 456 g/mol. The Kier molecular flexibility index (Phi) is 5.69.